The van der Waals surface area contributed by atoms with Crippen molar-refractivity contribution >= 4 is 11.8 Å². The number of nitrogens with one attached hydrogen (secondary N) is 1. The van der Waals surface area contributed by atoms with Crippen LogP contribution in [0.2, 0.25) is 0 Å². The minimum Gasteiger partial charge on any atom is -0.405 e. The second-order valence-electron chi connectivity index (χ2n) is 9.05. The topological polar surface area (TPSA) is 165 Å². The van der Waals surface area contributed by atoms with Gasteiger partial charge in [-0.05, 0) is 30.2 Å². The van der Waals surface area contributed by atoms with Crippen LogP contribution in [0.15, 0.2) is 66.9 Å². The van der Waals surface area contributed by atoms with Gasteiger partial charge in [-0.3, -0.25) is 9.59 Å². The minimum atomic E-state index is -4.99. The second kappa shape index (κ2) is 11.8. The molecule has 11 nitrogen and oxygen atoms in total. The van der Waals surface area contributed by atoms with E-state index in [0.717, 1.165) is 23.9 Å². The number of hydrogen-bond acceptors (Lipinski definition) is 9. The lowest BCUT2D eigenvalue weighted by Gasteiger charge is -2.39. The highest BCUT2D eigenvalue weighted by Crippen LogP contribution is 2.31. The van der Waals surface area contributed by atoms with Crippen LogP contribution in [0.25, 0.3) is 0 Å². The molecule has 2 heterocycles. The highest BCUT2D eigenvalue weighted by Gasteiger charge is 2.36. The predicted molar refractivity (Wildman–Crippen MR) is 133 cm³/mol. The lowest BCUT2D eigenvalue weighted by atomic mass is 9.85. The largest absolute Gasteiger partial charge is 0.573 e. The van der Waals surface area contributed by atoms with Gasteiger partial charge in [0.05, 0.1) is 11.1 Å². The van der Waals surface area contributed by atoms with E-state index in [1.54, 1.807) is 36.4 Å². The normalized spacial score (nSPS) is 17.3. The Kier molecular flexibility index (Phi) is 8.43. The third-order valence-electron chi connectivity index (χ3n) is 6.25. The molecular formula is C27H23F3N4O7. The summed E-state index contributed by atoms with van der Waals surface area (Å²) in [5.74, 6) is -3.02. The van der Waals surface area contributed by atoms with Crippen molar-refractivity contribution in [2.24, 2.45) is 0 Å². The quantitative estimate of drug-likeness (QED) is 0.311. The molecule has 1 aliphatic rings. The average Bonchev–Trinajstić information content (AvgIpc) is 2.92. The number of halogens is 3. The zero-order valence-electron chi connectivity index (χ0n) is 21.1. The first-order chi connectivity index (χ1) is 19.3. The fourth-order valence-corrected chi connectivity index (χ4v) is 4.50. The van der Waals surface area contributed by atoms with E-state index in [-0.39, 0.29) is 36.2 Å². The fraction of sp³-hybridized carbons (Fsp3) is 0.259. The van der Waals surface area contributed by atoms with Crippen LogP contribution >= 0.6 is 0 Å². The van der Waals surface area contributed by atoms with Crippen LogP contribution in [-0.4, -0.2) is 68.7 Å². The van der Waals surface area contributed by atoms with Gasteiger partial charge in [0.2, 0.25) is 5.88 Å². The third kappa shape index (κ3) is 7.48. The number of carbonyl (C=O) groups is 2. The number of aliphatic hydroxyl groups is 3. The molecule has 0 bridgehead atoms. The van der Waals surface area contributed by atoms with Crippen molar-refractivity contribution in [2.45, 2.75) is 30.9 Å². The van der Waals surface area contributed by atoms with Gasteiger partial charge in [-0.1, -0.05) is 42.5 Å². The Bertz CT molecular complexity index is 1460. The molecule has 0 unspecified atom stereocenters. The van der Waals surface area contributed by atoms with Crippen molar-refractivity contribution in [2.75, 3.05) is 13.1 Å². The van der Waals surface area contributed by atoms with Gasteiger partial charge in [-0.15, -0.1) is 13.2 Å². The van der Waals surface area contributed by atoms with Gasteiger partial charge in [-0.25, -0.2) is 4.98 Å². The first kappa shape index (κ1) is 29.3. The molecular weight excluding hydrogens is 549 g/mol. The number of nitrogens with zero attached hydrogens (tertiary/aromatic N) is 3. The van der Waals surface area contributed by atoms with Crippen LogP contribution in [0.4, 0.5) is 13.2 Å². The van der Waals surface area contributed by atoms with E-state index in [4.69, 9.17) is 15.3 Å². The molecule has 0 spiro atoms. The maximum Gasteiger partial charge on any atom is 0.573 e. The summed E-state index contributed by atoms with van der Waals surface area (Å²) in [6.07, 6.45) is -7.30. The van der Waals surface area contributed by atoms with Crippen molar-refractivity contribution in [3.05, 3.63) is 89.1 Å². The van der Waals surface area contributed by atoms with Crippen molar-refractivity contribution in [3.8, 4) is 17.7 Å². The van der Waals surface area contributed by atoms with Crippen LogP contribution in [0, 0.1) is 11.3 Å². The van der Waals surface area contributed by atoms with Crippen molar-refractivity contribution in [1.29, 1.82) is 5.26 Å². The standard InChI is InChI=1S/C27H23F3N4O7/c28-26(29,30)40-22-9-5-4-8-19(22)23(35)33-21-10-11-34(15-20(21)16-6-2-1-3-7-16)25(36)18-12-17(13-31)24(32-14-18)41-27(37,38)39/h1-9,12,14,20-21,37-39H,10-11,15H2,(H,33,35)/t20-,21-/m1/s1. The van der Waals surface area contributed by atoms with Gasteiger partial charge >= 0.3 is 12.5 Å². The summed E-state index contributed by atoms with van der Waals surface area (Å²) in [4.78, 5) is 31.6. The van der Waals surface area contributed by atoms with Crippen LogP contribution in [0.3, 0.4) is 0 Å². The third-order valence-corrected chi connectivity index (χ3v) is 6.25. The van der Waals surface area contributed by atoms with Crippen LogP contribution in [0.1, 0.15) is 44.2 Å². The monoisotopic (exact) mass is 572 g/mol. The number of amides is 2. The number of aromatic nitrogens is 1. The lowest BCUT2D eigenvalue weighted by Crippen LogP contribution is -2.51. The van der Waals surface area contributed by atoms with E-state index < -0.39 is 47.9 Å². The smallest absolute Gasteiger partial charge is 0.405 e. The number of ether oxygens (including phenoxy) is 2. The van der Waals surface area contributed by atoms with Crippen molar-refractivity contribution in [1.82, 2.24) is 15.2 Å². The Morgan fingerprint density at radius 2 is 1.73 bits per heavy atom. The van der Waals surface area contributed by atoms with Gasteiger partial charge in [-0.2, -0.15) is 5.26 Å². The van der Waals surface area contributed by atoms with Crippen LogP contribution < -0.4 is 14.8 Å². The van der Waals surface area contributed by atoms with E-state index in [1.165, 1.54) is 23.1 Å². The van der Waals surface area contributed by atoms with Gasteiger partial charge in [0.1, 0.15) is 17.4 Å². The Labute approximate surface area is 231 Å². The summed E-state index contributed by atoms with van der Waals surface area (Å²) in [5, 5.41) is 39.2. The number of piperidine rings is 1. The Balaban J connectivity index is 1.56. The molecule has 0 radical (unpaired) electrons. The summed E-state index contributed by atoms with van der Waals surface area (Å²) in [7, 11) is 0. The number of benzene rings is 2. The molecule has 4 N–H and O–H groups in total. The second-order valence-corrected chi connectivity index (χ2v) is 9.05. The van der Waals surface area contributed by atoms with Crippen LogP contribution in [0.5, 0.6) is 11.6 Å². The Morgan fingerprint density at radius 1 is 1.05 bits per heavy atom. The minimum absolute atomic E-state index is 0.0270. The molecule has 1 fully saturated rings. The molecule has 14 heteroatoms. The number of rotatable bonds is 7. The number of carbonyl (C=O) groups excluding carboxylic acids is 2. The number of hydrogen-bond donors (Lipinski definition) is 4. The van der Waals surface area contributed by atoms with Gasteiger partial charge in [0.15, 0.2) is 0 Å². The maximum absolute atomic E-state index is 13.3. The van der Waals surface area contributed by atoms with Gasteiger partial charge < -0.3 is 35.0 Å². The Hall–Kier alpha value is -4.71. The molecule has 2 atom stereocenters. The molecule has 41 heavy (non-hydrogen) atoms. The van der Waals surface area contributed by atoms with E-state index in [9.17, 15) is 28.0 Å². The van der Waals surface area contributed by atoms with E-state index in [1.807, 2.05) is 0 Å². The van der Waals surface area contributed by atoms with Gasteiger partial charge in [0, 0.05) is 31.2 Å². The maximum atomic E-state index is 13.3. The van der Waals surface area contributed by atoms with Crippen molar-refractivity contribution < 1.29 is 47.6 Å². The summed E-state index contributed by atoms with van der Waals surface area (Å²) in [6.45, 7) is 0.239. The summed E-state index contributed by atoms with van der Waals surface area (Å²) in [5.41, 5.74) is 0.0878. The molecule has 0 saturated carbocycles. The zero-order valence-corrected chi connectivity index (χ0v) is 21.1. The molecule has 1 saturated heterocycles. The van der Waals surface area contributed by atoms with Crippen LogP contribution in [-0.2, 0) is 0 Å². The predicted octanol–water partition coefficient (Wildman–Crippen LogP) is 2.25. The van der Waals surface area contributed by atoms with Gasteiger partial charge in [0.25, 0.3) is 11.8 Å². The molecule has 0 aliphatic carbocycles. The average molecular weight is 572 g/mol. The molecule has 2 aromatic carbocycles. The highest BCUT2D eigenvalue weighted by molar-refractivity contribution is 5.97. The van der Waals surface area contributed by atoms with E-state index in [0.29, 0.717) is 0 Å². The molecule has 214 valence electrons. The summed E-state index contributed by atoms with van der Waals surface area (Å²) < 4.78 is 47.0. The van der Waals surface area contributed by atoms with Crippen molar-refractivity contribution in [3.63, 3.8) is 0 Å². The Morgan fingerprint density at radius 3 is 2.39 bits per heavy atom. The number of likely N-dealkylation sites (tertiary alicyclic amines) is 1. The number of alkyl halides is 3. The molecule has 2 amide bonds. The van der Waals surface area contributed by atoms with E-state index >= 15 is 0 Å². The molecule has 1 aromatic heterocycles. The number of pyridine rings is 1. The fourth-order valence-electron chi connectivity index (χ4n) is 4.50. The van der Waals surface area contributed by atoms with E-state index in [2.05, 4.69) is 19.8 Å². The molecule has 3 aromatic rings. The molecule has 4 rings (SSSR count). The first-order valence-electron chi connectivity index (χ1n) is 12.1. The molecule has 1 aliphatic heterocycles. The number of nitriles is 1. The summed E-state index contributed by atoms with van der Waals surface area (Å²) >= 11 is 0. The lowest BCUT2D eigenvalue weighted by molar-refractivity contribution is -0.420. The first-order valence-corrected chi connectivity index (χ1v) is 12.1. The SMILES string of the molecule is N#Cc1cc(C(=O)N2CC[C@@H](NC(=O)c3ccccc3OC(F)(F)F)[C@@H](c3ccccc3)C2)cnc1OC(O)(O)O. The summed E-state index contributed by atoms with van der Waals surface area (Å²) in [6, 6.07) is 16.1. The highest BCUT2D eigenvalue weighted by atomic mass is 19.4. The zero-order chi connectivity index (χ0) is 29.8. The number of para-hydroxylation sites is 1.